The highest BCUT2D eigenvalue weighted by Crippen LogP contribution is 2.77. The van der Waals surface area contributed by atoms with Gasteiger partial charge in [-0.15, -0.1) is 6.58 Å². The third-order valence-electron chi connectivity index (χ3n) is 18.9. The van der Waals surface area contributed by atoms with E-state index in [1.54, 1.807) is 18.3 Å². The fourth-order valence-corrected chi connectivity index (χ4v) is 17.0. The van der Waals surface area contributed by atoms with Gasteiger partial charge in [0, 0.05) is 37.9 Å². The predicted molar refractivity (Wildman–Crippen MR) is 242 cm³/mol. The second kappa shape index (κ2) is 15.9. The zero-order valence-electron chi connectivity index (χ0n) is 37.6. The second-order valence-electron chi connectivity index (χ2n) is 21.6. The number of sulfone groups is 1. The van der Waals surface area contributed by atoms with Crippen molar-refractivity contribution in [3.05, 3.63) is 84.3 Å². The molecule has 9 nitrogen and oxygen atoms in total. The topological polar surface area (TPSA) is 136 Å². The average molecular weight is 853 g/mol. The molecule has 0 spiro atoms. The summed E-state index contributed by atoms with van der Waals surface area (Å²) >= 11 is 0. The largest absolute Gasteiger partial charge is 0.442 e. The SMILES string of the molecule is C=C[C@@]12CC[C@@]3(NCCN4CCS(=O)(=O)CC4)CC[C@@H](C(=C)C)C3[C@H]1CCC1[C@@]3(C)CC=C(C4=CC[C@](C(=C)Oc5ncccc5C#N)(C(O)O)CC4)C(C)(C)C3CC[C@]12C. The lowest BCUT2D eigenvalue weighted by Gasteiger charge is -2.72. The van der Waals surface area contributed by atoms with Gasteiger partial charge in [0.25, 0.3) is 0 Å². The molecule has 0 radical (unpaired) electrons. The molecule has 61 heavy (non-hydrogen) atoms. The molecule has 4 saturated carbocycles. The van der Waals surface area contributed by atoms with E-state index in [2.05, 4.69) is 87.3 Å². The number of ether oxygens (including phenoxy) is 1. The van der Waals surface area contributed by atoms with Crippen LogP contribution >= 0.6 is 0 Å². The van der Waals surface area contributed by atoms with Crippen LogP contribution in [0.1, 0.15) is 117 Å². The third kappa shape index (κ3) is 6.98. The maximum atomic E-state index is 12.1. The van der Waals surface area contributed by atoms with Gasteiger partial charge in [-0.25, -0.2) is 13.4 Å². The van der Waals surface area contributed by atoms with Gasteiger partial charge in [0.05, 0.1) is 16.9 Å². The molecule has 8 rings (SSSR count). The Bertz CT molecular complexity index is 2140. The molecule has 1 aliphatic heterocycles. The lowest BCUT2D eigenvalue weighted by Crippen LogP contribution is -2.68. The number of rotatable bonds is 11. The highest BCUT2D eigenvalue weighted by Gasteiger charge is 2.71. The molecule has 0 amide bonds. The molecule has 0 aromatic carbocycles. The first kappa shape index (κ1) is 44.5. The smallest absolute Gasteiger partial charge is 0.236 e. The molecular formula is C51H72N4O5S. The lowest BCUT2D eigenvalue weighted by atomic mass is 9.32. The van der Waals surface area contributed by atoms with Gasteiger partial charge in [-0.3, -0.25) is 0 Å². The van der Waals surface area contributed by atoms with Crippen LogP contribution in [0.5, 0.6) is 5.88 Å². The van der Waals surface area contributed by atoms with Crippen molar-refractivity contribution in [1.82, 2.24) is 15.2 Å². The normalized spacial score (nSPS) is 40.2. The first-order chi connectivity index (χ1) is 28.8. The summed E-state index contributed by atoms with van der Waals surface area (Å²) in [4.78, 5) is 6.56. The molecular weight excluding hydrogens is 781 g/mol. The minimum absolute atomic E-state index is 0.0429. The Labute approximate surface area is 366 Å². The van der Waals surface area contributed by atoms with Gasteiger partial charge < -0.3 is 25.2 Å². The van der Waals surface area contributed by atoms with Crippen LogP contribution in [0.15, 0.2) is 78.8 Å². The molecule has 7 aliphatic rings. The van der Waals surface area contributed by atoms with Crippen LogP contribution < -0.4 is 10.1 Å². The van der Waals surface area contributed by atoms with E-state index in [-0.39, 0.29) is 55.9 Å². The van der Waals surface area contributed by atoms with Gasteiger partial charge >= 0.3 is 0 Å². The number of hydrogen-bond donors (Lipinski definition) is 3. The van der Waals surface area contributed by atoms with Crippen molar-refractivity contribution in [3.63, 3.8) is 0 Å². The number of aliphatic hydroxyl groups is 2. The zero-order valence-corrected chi connectivity index (χ0v) is 38.5. The van der Waals surface area contributed by atoms with Crippen LogP contribution in [0.2, 0.25) is 0 Å². The molecule has 1 saturated heterocycles. The summed E-state index contributed by atoms with van der Waals surface area (Å²) in [6.45, 7) is 29.1. The molecule has 1 aromatic rings. The first-order valence-electron chi connectivity index (χ1n) is 23.3. The number of nitrogens with zero attached hydrogens (tertiary/aromatic N) is 3. The first-order valence-corrected chi connectivity index (χ1v) is 25.1. The van der Waals surface area contributed by atoms with Crippen LogP contribution in [0.4, 0.5) is 0 Å². The van der Waals surface area contributed by atoms with Crippen LogP contribution in [0.25, 0.3) is 0 Å². The van der Waals surface area contributed by atoms with Gasteiger partial charge in [0.2, 0.25) is 5.88 Å². The molecule has 5 fully saturated rings. The van der Waals surface area contributed by atoms with E-state index in [9.17, 15) is 23.9 Å². The van der Waals surface area contributed by atoms with Crippen LogP contribution in [-0.2, 0) is 9.84 Å². The quantitative estimate of drug-likeness (QED) is 0.114. The number of fused-ring (bicyclic) bond motifs is 7. The molecule has 0 bridgehead atoms. The monoisotopic (exact) mass is 853 g/mol. The summed E-state index contributed by atoms with van der Waals surface area (Å²) in [5.41, 5.74) is 3.49. The minimum atomic E-state index is -2.90. The van der Waals surface area contributed by atoms with E-state index in [1.807, 2.05) is 0 Å². The fraction of sp³-hybridized carbons (Fsp3) is 0.686. The molecule has 332 valence electrons. The van der Waals surface area contributed by atoms with Crippen LogP contribution in [0.3, 0.4) is 0 Å². The van der Waals surface area contributed by atoms with Gasteiger partial charge in [-0.1, -0.05) is 64.7 Å². The number of nitriles is 1. The van der Waals surface area contributed by atoms with Crippen molar-refractivity contribution in [2.24, 2.45) is 56.7 Å². The van der Waals surface area contributed by atoms with E-state index in [0.29, 0.717) is 61.9 Å². The highest BCUT2D eigenvalue weighted by molar-refractivity contribution is 7.91. The Kier molecular flexibility index (Phi) is 11.6. The maximum absolute atomic E-state index is 12.1. The number of nitrogens with one attached hydrogen (secondary N) is 1. The number of pyridine rings is 1. The molecule has 6 aliphatic carbocycles. The Hall–Kier alpha value is -3.07. The number of allylic oxidation sites excluding steroid dienone is 6. The maximum Gasteiger partial charge on any atom is 0.236 e. The standard InChI is InChI=1S/C51H72N4O5S/c1-9-50-24-25-51(54-27-28-55-29-31-61(58,59)32-30-55)23-16-38(34(2)3)43(51)40(50)12-13-42-47(7)19-17-39(46(5,6)41(47)18-20-48(42,50)8)36-14-21-49(22-15-36,45(56)57)35(4)60-44-37(33-52)11-10-26-53-44/h9-11,14,17,26,38,40-43,45,54,56-57H,1-2,4,12-13,15-16,18-25,27-32H2,3,5-8H3/t38-,40+,41?,42?,43?,47-,48+,49-,50+,51-/m0/s1. The molecule has 3 N–H and O–H groups in total. The summed E-state index contributed by atoms with van der Waals surface area (Å²) in [7, 11) is -2.90. The molecule has 3 unspecified atom stereocenters. The molecule has 1 aromatic heterocycles. The van der Waals surface area contributed by atoms with E-state index in [1.165, 1.54) is 55.2 Å². The lowest BCUT2D eigenvalue weighted by molar-refractivity contribution is -0.208. The Morgan fingerprint density at radius 2 is 1.79 bits per heavy atom. The van der Waals surface area contributed by atoms with Crippen LogP contribution in [-0.4, -0.2) is 78.0 Å². The molecule has 10 atom stereocenters. The van der Waals surface area contributed by atoms with Crippen molar-refractivity contribution in [1.29, 1.82) is 5.26 Å². The molecule has 10 heteroatoms. The average Bonchev–Trinajstić information content (AvgIpc) is 3.61. The van der Waals surface area contributed by atoms with Gasteiger partial charge in [-0.05, 0) is 159 Å². The van der Waals surface area contributed by atoms with Gasteiger partial charge in [0.15, 0.2) is 16.1 Å². The van der Waals surface area contributed by atoms with E-state index >= 15 is 0 Å². The second-order valence-corrected chi connectivity index (χ2v) is 23.9. The van der Waals surface area contributed by atoms with E-state index in [4.69, 9.17) is 11.3 Å². The summed E-state index contributed by atoms with van der Waals surface area (Å²) in [6.07, 6.45) is 19.1. The number of hydrogen-bond acceptors (Lipinski definition) is 9. The van der Waals surface area contributed by atoms with Crippen LogP contribution in [0, 0.1) is 68.0 Å². The summed E-state index contributed by atoms with van der Waals surface area (Å²) in [6, 6.07) is 5.41. The van der Waals surface area contributed by atoms with Crippen molar-refractivity contribution >= 4 is 9.84 Å². The Morgan fingerprint density at radius 1 is 1.03 bits per heavy atom. The van der Waals surface area contributed by atoms with E-state index in [0.717, 1.165) is 32.4 Å². The molecule has 2 heterocycles. The van der Waals surface area contributed by atoms with Crippen molar-refractivity contribution in [2.45, 2.75) is 123 Å². The summed E-state index contributed by atoms with van der Waals surface area (Å²) in [5, 5.41) is 35.4. The van der Waals surface area contributed by atoms with E-state index < -0.39 is 21.5 Å². The number of aromatic nitrogens is 1. The summed E-state index contributed by atoms with van der Waals surface area (Å²) < 4.78 is 30.3. The minimum Gasteiger partial charge on any atom is -0.442 e. The number of aliphatic hydroxyl groups excluding tert-OH is 1. The zero-order chi connectivity index (χ0) is 43.8. The predicted octanol–water partition coefficient (Wildman–Crippen LogP) is 8.69. The van der Waals surface area contributed by atoms with Crippen molar-refractivity contribution in [2.75, 3.05) is 37.7 Å². The van der Waals surface area contributed by atoms with Gasteiger partial charge in [0.1, 0.15) is 17.4 Å². The highest BCUT2D eigenvalue weighted by atomic mass is 32.2. The van der Waals surface area contributed by atoms with Crippen molar-refractivity contribution < 1.29 is 23.4 Å². The Morgan fingerprint density at radius 3 is 2.44 bits per heavy atom. The third-order valence-corrected chi connectivity index (χ3v) is 20.5. The summed E-state index contributed by atoms with van der Waals surface area (Å²) in [5.74, 6) is 3.51. The van der Waals surface area contributed by atoms with Crippen molar-refractivity contribution in [3.8, 4) is 11.9 Å². The Balaban J connectivity index is 1.03. The fourth-order valence-electron chi connectivity index (χ4n) is 15.7. The van der Waals surface area contributed by atoms with Gasteiger partial charge in [-0.2, -0.15) is 5.26 Å².